The van der Waals surface area contributed by atoms with Gasteiger partial charge in [0.25, 0.3) is 5.60 Å². The Bertz CT molecular complexity index is 413. The molecule has 0 spiro atoms. The summed E-state index contributed by atoms with van der Waals surface area (Å²) in [6.45, 7) is 0. The lowest BCUT2D eigenvalue weighted by Crippen LogP contribution is -2.55. The average molecular weight is 280 g/mol. The van der Waals surface area contributed by atoms with Crippen LogP contribution in [0, 0.1) is 11.6 Å². The summed E-state index contributed by atoms with van der Waals surface area (Å²) in [5, 5.41) is 8.79. The highest BCUT2D eigenvalue weighted by Crippen LogP contribution is 2.51. The van der Waals surface area contributed by atoms with E-state index in [-0.39, 0.29) is 12.1 Å². The number of benzene rings is 1. The minimum absolute atomic E-state index is 0.181. The van der Waals surface area contributed by atoms with E-state index in [4.69, 9.17) is 5.11 Å². The van der Waals surface area contributed by atoms with Gasteiger partial charge in [-0.2, -0.15) is 26.3 Å². The zero-order chi connectivity index (χ0) is 14.4. The molecule has 0 aliphatic heterocycles. The molecule has 0 aliphatic carbocycles. The zero-order valence-electron chi connectivity index (χ0n) is 8.20. The Balaban J connectivity index is 3.67. The summed E-state index contributed by atoms with van der Waals surface area (Å²) in [4.78, 5) is 0. The van der Waals surface area contributed by atoms with Crippen molar-refractivity contribution < 1.29 is 40.2 Å². The molecular weight excluding hydrogens is 276 g/mol. The molecule has 1 rings (SSSR count). The van der Waals surface area contributed by atoms with Gasteiger partial charge in [0.15, 0.2) is 0 Å². The quantitative estimate of drug-likeness (QED) is 0.783. The van der Waals surface area contributed by atoms with Crippen molar-refractivity contribution in [3.05, 3.63) is 35.4 Å². The molecule has 1 N–H and O–H groups in total. The van der Waals surface area contributed by atoms with E-state index in [1.165, 1.54) is 0 Å². The van der Waals surface area contributed by atoms with Crippen LogP contribution < -0.4 is 0 Å². The molecule has 102 valence electrons. The first-order valence-electron chi connectivity index (χ1n) is 4.23. The van der Waals surface area contributed by atoms with Gasteiger partial charge in [-0.1, -0.05) is 6.07 Å². The Labute approximate surface area is 94.6 Å². The molecule has 0 radical (unpaired) electrons. The molecule has 9 heteroatoms. The first-order valence-corrected chi connectivity index (χ1v) is 4.23. The van der Waals surface area contributed by atoms with Gasteiger partial charge in [-0.25, -0.2) is 8.78 Å². The van der Waals surface area contributed by atoms with E-state index >= 15 is 0 Å². The second kappa shape index (κ2) is 4.08. The van der Waals surface area contributed by atoms with E-state index in [0.717, 1.165) is 0 Å². The number of halogens is 8. The van der Waals surface area contributed by atoms with E-state index in [2.05, 4.69) is 0 Å². The first-order chi connectivity index (χ1) is 7.93. The molecule has 0 fully saturated rings. The van der Waals surface area contributed by atoms with E-state index in [1.54, 1.807) is 0 Å². The summed E-state index contributed by atoms with van der Waals surface area (Å²) in [6.07, 6.45) is -12.7. The van der Waals surface area contributed by atoms with Crippen LogP contribution in [-0.2, 0) is 5.60 Å². The molecule has 1 nitrogen and oxygen atoms in total. The molecule has 0 amide bonds. The fraction of sp³-hybridized carbons (Fsp3) is 0.333. The van der Waals surface area contributed by atoms with Crippen molar-refractivity contribution >= 4 is 0 Å². The summed E-state index contributed by atoms with van der Waals surface area (Å²) in [5.41, 5.74) is -8.10. The topological polar surface area (TPSA) is 20.2 Å². The Hall–Kier alpha value is -1.38. The number of aliphatic hydroxyl groups is 1. The van der Waals surface area contributed by atoms with Crippen molar-refractivity contribution in [1.29, 1.82) is 0 Å². The number of alkyl halides is 6. The lowest BCUT2D eigenvalue weighted by Gasteiger charge is -2.32. The van der Waals surface area contributed by atoms with Gasteiger partial charge in [-0.05, 0) is 12.1 Å². The maximum Gasteiger partial charge on any atom is 0.430 e. The molecule has 0 saturated carbocycles. The third-order valence-electron chi connectivity index (χ3n) is 2.15. The Morgan fingerprint density at radius 1 is 0.778 bits per heavy atom. The monoisotopic (exact) mass is 280 g/mol. The first kappa shape index (κ1) is 14.7. The van der Waals surface area contributed by atoms with E-state index in [9.17, 15) is 35.1 Å². The average Bonchev–Trinajstić information content (AvgIpc) is 2.13. The third kappa shape index (κ3) is 2.02. The van der Waals surface area contributed by atoms with Crippen LogP contribution in [0.1, 0.15) is 5.56 Å². The Kier molecular flexibility index (Phi) is 3.32. The van der Waals surface area contributed by atoms with Gasteiger partial charge in [0.2, 0.25) is 0 Å². The van der Waals surface area contributed by atoms with Crippen LogP contribution in [0.2, 0.25) is 0 Å². The molecule has 0 bridgehead atoms. The highest BCUT2D eigenvalue weighted by Gasteiger charge is 2.73. The molecule has 0 saturated heterocycles. The van der Waals surface area contributed by atoms with Gasteiger partial charge in [0.1, 0.15) is 11.6 Å². The third-order valence-corrected chi connectivity index (χ3v) is 2.15. The summed E-state index contributed by atoms with van der Waals surface area (Å²) < 4.78 is 100. The molecule has 18 heavy (non-hydrogen) atoms. The lowest BCUT2D eigenvalue weighted by molar-refractivity contribution is -0.377. The van der Waals surface area contributed by atoms with E-state index in [1.807, 2.05) is 0 Å². The molecule has 1 aromatic rings. The van der Waals surface area contributed by atoms with Crippen LogP contribution in [0.4, 0.5) is 35.1 Å². The van der Waals surface area contributed by atoms with Crippen molar-refractivity contribution in [3.63, 3.8) is 0 Å². The van der Waals surface area contributed by atoms with Crippen LogP contribution in [0.3, 0.4) is 0 Å². The lowest BCUT2D eigenvalue weighted by atomic mass is 9.91. The summed E-state index contributed by atoms with van der Waals surface area (Å²) >= 11 is 0. The summed E-state index contributed by atoms with van der Waals surface area (Å²) in [7, 11) is 0. The highest BCUT2D eigenvalue weighted by molar-refractivity contribution is 5.29. The molecule has 0 aromatic heterocycles. The highest BCUT2D eigenvalue weighted by atomic mass is 19.4. The fourth-order valence-electron chi connectivity index (χ4n) is 1.29. The molecule has 0 heterocycles. The molecule has 0 atom stereocenters. The van der Waals surface area contributed by atoms with Gasteiger partial charge >= 0.3 is 12.4 Å². The summed E-state index contributed by atoms with van der Waals surface area (Å²) in [6, 6.07) is 0.934. The summed E-state index contributed by atoms with van der Waals surface area (Å²) in [5.74, 6) is -4.29. The second-order valence-electron chi connectivity index (χ2n) is 3.30. The SMILES string of the molecule is OC(c1c(F)cccc1F)(C(F)(F)F)C(F)(F)F. The zero-order valence-corrected chi connectivity index (χ0v) is 8.20. The fourth-order valence-corrected chi connectivity index (χ4v) is 1.29. The van der Waals surface area contributed by atoms with Crippen LogP contribution in [0.25, 0.3) is 0 Å². The van der Waals surface area contributed by atoms with Crippen LogP contribution in [0.15, 0.2) is 18.2 Å². The van der Waals surface area contributed by atoms with Gasteiger partial charge in [-0.3, -0.25) is 0 Å². The smallest absolute Gasteiger partial charge is 0.369 e. The maximum atomic E-state index is 13.0. The molecule has 0 aliphatic rings. The van der Waals surface area contributed by atoms with Crippen molar-refractivity contribution in [2.24, 2.45) is 0 Å². The normalized spacial score (nSPS) is 13.8. The van der Waals surface area contributed by atoms with Crippen molar-refractivity contribution in [3.8, 4) is 0 Å². The minimum atomic E-state index is -6.33. The van der Waals surface area contributed by atoms with Crippen molar-refractivity contribution in [2.45, 2.75) is 18.0 Å². The Morgan fingerprint density at radius 3 is 1.39 bits per heavy atom. The predicted octanol–water partition coefficient (Wildman–Crippen LogP) is 3.28. The molecule has 0 unspecified atom stereocenters. The number of hydrogen-bond acceptors (Lipinski definition) is 1. The van der Waals surface area contributed by atoms with Crippen LogP contribution in [-0.4, -0.2) is 17.5 Å². The van der Waals surface area contributed by atoms with E-state index in [0.29, 0.717) is 6.07 Å². The standard InChI is InChI=1S/C9H4F8O/c10-4-2-1-3-5(11)6(4)7(18,8(12,13)14)9(15,16)17/h1-3,18H. The molecule has 1 aromatic carbocycles. The van der Waals surface area contributed by atoms with Crippen LogP contribution in [0.5, 0.6) is 0 Å². The number of rotatable bonds is 1. The van der Waals surface area contributed by atoms with E-state index < -0.39 is 35.2 Å². The molecular formula is C9H4F8O. The van der Waals surface area contributed by atoms with Crippen LogP contribution >= 0.6 is 0 Å². The van der Waals surface area contributed by atoms with Gasteiger partial charge in [-0.15, -0.1) is 0 Å². The predicted molar refractivity (Wildman–Crippen MR) is 42.4 cm³/mol. The second-order valence-corrected chi connectivity index (χ2v) is 3.30. The number of hydrogen-bond donors (Lipinski definition) is 1. The Morgan fingerprint density at radius 2 is 1.11 bits per heavy atom. The maximum absolute atomic E-state index is 13.0. The minimum Gasteiger partial charge on any atom is -0.369 e. The van der Waals surface area contributed by atoms with Crippen molar-refractivity contribution in [1.82, 2.24) is 0 Å². The van der Waals surface area contributed by atoms with Gasteiger partial charge in [0.05, 0.1) is 5.56 Å². The van der Waals surface area contributed by atoms with Gasteiger partial charge in [0, 0.05) is 0 Å². The van der Waals surface area contributed by atoms with Crippen molar-refractivity contribution in [2.75, 3.05) is 0 Å². The largest absolute Gasteiger partial charge is 0.430 e. The van der Waals surface area contributed by atoms with Gasteiger partial charge < -0.3 is 5.11 Å².